The summed E-state index contributed by atoms with van der Waals surface area (Å²) >= 11 is 0. The van der Waals surface area contributed by atoms with Gasteiger partial charge in [-0.3, -0.25) is 14.9 Å². The molecular weight excluding hydrogens is 356 g/mol. The van der Waals surface area contributed by atoms with Gasteiger partial charge in [0.05, 0.1) is 0 Å². The van der Waals surface area contributed by atoms with E-state index in [0.717, 1.165) is 6.41 Å². The van der Waals surface area contributed by atoms with Gasteiger partial charge >= 0.3 is 12.0 Å². The predicted molar refractivity (Wildman–Crippen MR) is 97.3 cm³/mol. The van der Waals surface area contributed by atoms with Crippen molar-refractivity contribution < 1.29 is 23.9 Å². The fourth-order valence-electron chi connectivity index (χ4n) is 1.62. The van der Waals surface area contributed by atoms with Crippen LogP contribution in [0, 0.1) is 5.92 Å². The maximum atomic E-state index is 11.9. The van der Waals surface area contributed by atoms with Crippen LogP contribution in [0.25, 0.3) is 0 Å². The van der Waals surface area contributed by atoms with Crippen LogP contribution in [-0.4, -0.2) is 65.9 Å². The first-order chi connectivity index (χ1) is 12.6. The van der Waals surface area contributed by atoms with Gasteiger partial charge in [0, 0.05) is 26.5 Å². The Morgan fingerprint density at radius 1 is 1.26 bits per heavy atom. The minimum Gasteiger partial charge on any atom is -0.454 e. The van der Waals surface area contributed by atoms with Crippen LogP contribution in [0.2, 0.25) is 0 Å². The van der Waals surface area contributed by atoms with Crippen molar-refractivity contribution in [3.8, 4) is 0 Å². The van der Waals surface area contributed by atoms with Gasteiger partial charge < -0.3 is 20.7 Å². The summed E-state index contributed by atoms with van der Waals surface area (Å²) in [5, 5.41) is 4.66. The quantitative estimate of drug-likeness (QED) is 0.413. The van der Waals surface area contributed by atoms with Gasteiger partial charge in [-0.1, -0.05) is 13.8 Å². The van der Waals surface area contributed by atoms with Gasteiger partial charge in [-0.15, -0.1) is 0 Å². The number of ether oxygens (including phenoxy) is 1. The van der Waals surface area contributed by atoms with Crippen molar-refractivity contribution >= 4 is 30.3 Å². The van der Waals surface area contributed by atoms with Crippen LogP contribution >= 0.6 is 0 Å². The molecule has 1 heterocycles. The number of rotatable bonds is 8. The predicted octanol–water partition coefficient (Wildman–Crippen LogP) is -0.254. The highest BCUT2D eigenvalue weighted by Crippen LogP contribution is 2.06. The molecule has 0 saturated heterocycles. The molecular formula is C16H26N6O5. The van der Waals surface area contributed by atoms with Gasteiger partial charge in [-0.25, -0.2) is 19.6 Å². The van der Waals surface area contributed by atoms with Crippen molar-refractivity contribution in [3.63, 3.8) is 0 Å². The number of nitrogens with two attached hydrogens (primary N) is 1. The topological polar surface area (TPSA) is 157 Å². The molecule has 0 aliphatic heterocycles. The Balaban J connectivity index is 0.00000119. The van der Waals surface area contributed by atoms with Gasteiger partial charge in [0.2, 0.25) is 12.4 Å². The number of urea groups is 1. The van der Waals surface area contributed by atoms with Crippen molar-refractivity contribution in [2.75, 3.05) is 26.0 Å². The van der Waals surface area contributed by atoms with Crippen molar-refractivity contribution in [1.29, 1.82) is 0 Å². The fourth-order valence-corrected chi connectivity index (χ4v) is 1.62. The Labute approximate surface area is 157 Å². The summed E-state index contributed by atoms with van der Waals surface area (Å²) in [5.74, 6) is -1.06. The van der Waals surface area contributed by atoms with Gasteiger partial charge in [0.15, 0.2) is 6.61 Å². The van der Waals surface area contributed by atoms with Crippen LogP contribution in [0.15, 0.2) is 18.5 Å². The van der Waals surface area contributed by atoms with Crippen molar-refractivity contribution in [3.05, 3.63) is 18.5 Å². The second-order valence-electron chi connectivity index (χ2n) is 5.99. The average molecular weight is 382 g/mol. The number of aromatic nitrogens is 2. The molecule has 11 nitrogen and oxygen atoms in total. The van der Waals surface area contributed by atoms with Gasteiger partial charge in [0.25, 0.3) is 5.91 Å². The van der Waals surface area contributed by atoms with E-state index in [2.05, 4.69) is 20.6 Å². The molecule has 0 aliphatic rings. The van der Waals surface area contributed by atoms with Crippen LogP contribution in [0.3, 0.4) is 0 Å². The van der Waals surface area contributed by atoms with Crippen LogP contribution in [0.4, 0.5) is 10.7 Å². The number of nitrogens with zero attached hydrogens (tertiary/aromatic N) is 3. The van der Waals surface area contributed by atoms with E-state index in [1.54, 1.807) is 20.2 Å². The minimum atomic E-state index is -0.890. The molecule has 0 fully saturated rings. The first-order valence-corrected chi connectivity index (χ1v) is 8.06. The lowest BCUT2D eigenvalue weighted by molar-refractivity contribution is -0.149. The van der Waals surface area contributed by atoms with Gasteiger partial charge in [-0.05, 0) is 18.4 Å². The number of hydrogen-bond donors (Lipinski definition) is 3. The third kappa shape index (κ3) is 12.7. The standard InChI is InChI=1S/C13H19N5O4.C3H7NO/c1-8(2)6-9(17-12(14)21)11(20)22-7-10(19)18-13-15-4-3-5-16-13;1-4(2)3-5/h3-5,8-9H,6-7H2,1-2H3,(H3,14,17,21)(H,15,16,18,19);3H,1-2H3. The zero-order valence-electron chi connectivity index (χ0n) is 15.8. The van der Waals surface area contributed by atoms with E-state index in [9.17, 15) is 19.2 Å². The van der Waals surface area contributed by atoms with E-state index >= 15 is 0 Å². The third-order valence-corrected chi connectivity index (χ3v) is 2.68. The molecule has 4 amide bonds. The van der Waals surface area contributed by atoms with Crippen LogP contribution < -0.4 is 16.4 Å². The smallest absolute Gasteiger partial charge is 0.329 e. The summed E-state index contributed by atoms with van der Waals surface area (Å²) in [6.45, 7) is 3.25. The lowest BCUT2D eigenvalue weighted by atomic mass is 10.0. The van der Waals surface area contributed by atoms with E-state index < -0.39 is 30.6 Å². The maximum absolute atomic E-state index is 11.9. The molecule has 4 N–H and O–H groups in total. The number of primary amides is 1. The van der Waals surface area contributed by atoms with Crippen LogP contribution in [0.5, 0.6) is 0 Å². The molecule has 0 aliphatic carbocycles. The molecule has 1 atom stereocenters. The largest absolute Gasteiger partial charge is 0.454 e. The van der Waals surface area contributed by atoms with Crippen LogP contribution in [0.1, 0.15) is 20.3 Å². The highest BCUT2D eigenvalue weighted by atomic mass is 16.5. The maximum Gasteiger partial charge on any atom is 0.329 e. The molecule has 27 heavy (non-hydrogen) atoms. The van der Waals surface area contributed by atoms with E-state index in [4.69, 9.17) is 10.5 Å². The normalized spacial score (nSPS) is 10.7. The van der Waals surface area contributed by atoms with Crippen LogP contribution in [-0.2, 0) is 19.1 Å². The lowest BCUT2D eigenvalue weighted by Gasteiger charge is -2.17. The molecule has 1 unspecified atom stereocenters. The SMILES string of the molecule is CC(C)CC(NC(N)=O)C(=O)OCC(=O)Nc1ncccn1.CN(C)C=O. The number of nitrogens with one attached hydrogen (secondary N) is 2. The second kappa shape index (κ2) is 13.0. The first-order valence-electron chi connectivity index (χ1n) is 8.06. The molecule has 0 aromatic carbocycles. The molecule has 0 saturated carbocycles. The Morgan fingerprint density at radius 2 is 1.81 bits per heavy atom. The second-order valence-corrected chi connectivity index (χ2v) is 5.99. The van der Waals surface area contributed by atoms with Crippen molar-refractivity contribution in [2.45, 2.75) is 26.3 Å². The summed E-state index contributed by atoms with van der Waals surface area (Å²) in [7, 11) is 3.38. The summed E-state index contributed by atoms with van der Waals surface area (Å²) < 4.78 is 4.86. The van der Waals surface area contributed by atoms with Gasteiger partial charge in [-0.2, -0.15) is 0 Å². The Bertz CT molecular complexity index is 609. The zero-order chi connectivity index (χ0) is 20.8. The molecule has 1 aromatic rings. The monoisotopic (exact) mass is 382 g/mol. The Kier molecular flexibility index (Phi) is 11.5. The molecule has 1 rings (SSSR count). The number of esters is 1. The van der Waals surface area contributed by atoms with Gasteiger partial charge in [0.1, 0.15) is 6.04 Å². The minimum absolute atomic E-state index is 0.109. The summed E-state index contributed by atoms with van der Waals surface area (Å²) in [6.07, 6.45) is 4.03. The Morgan fingerprint density at radius 3 is 2.26 bits per heavy atom. The first kappa shape index (κ1) is 23.8. The molecule has 11 heteroatoms. The Hall–Kier alpha value is -3.24. The number of hydrogen-bond acceptors (Lipinski definition) is 7. The molecule has 0 bridgehead atoms. The third-order valence-electron chi connectivity index (χ3n) is 2.68. The average Bonchev–Trinajstić information content (AvgIpc) is 2.59. The van der Waals surface area contributed by atoms with E-state index in [0.29, 0.717) is 6.42 Å². The molecule has 1 aromatic heterocycles. The van der Waals surface area contributed by atoms with E-state index in [1.165, 1.54) is 17.3 Å². The summed E-state index contributed by atoms with van der Waals surface area (Å²) in [4.78, 5) is 52.8. The van der Waals surface area contributed by atoms with E-state index in [-0.39, 0.29) is 11.9 Å². The highest BCUT2D eigenvalue weighted by Gasteiger charge is 2.23. The summed E-state index contributed by atoms with van der Waals surface area (Å²) in [5.41, 5.74) is 5.01. The van der Waals surface area contributed by atoms with Crippen molar-refractivity contribution in [1.82, 2.24) is 20.2 Å². The number of carbonyl (C=O) groups is 4. The number of anilines is 1. The molecule has 0 spiro atoms. The zero-order valence-corrected chi connectivity index (χ0v) is 15.8. The number of carbonyl (C=O) groups excluding carboxylic acids is 4. The van der Waals surface area contributed by atoms with E-state index in [1.807, 2.05) is 13.8 Å². The summed E-state index contributed by atoms with van der Waals surface area (Å²) in [6, 6.07) is -0.121. The highest BCUT2D eigenvalue weighted by molar-refractivity contribution is 5.92. The lowest BCUT2D eigenvalue weighted by Crippen LogP contribution is -2.45. The molecule has 150 valence electrons. The molecule has 0 radical (unpaired) electrons. The van der Waals surface area contributed by atoms with Crippen molar-refractivity contribution in [2.24, 2.45) is 11.7 Å². The fraction of sp³-hybridized carbons (Fsp3) is 0.500. The number of amides is 4.